The Hall–Kier alpha value is -2.85. The number of sulfone groups is 1. The van der Waals surface area contributed by atoms with E-state index in [1.54, 1.807) is 44.3 Å². The normalized spacial score (nSPS) is 13.5. The van der Waals surface area contributed by atoms with Gasteiger partial charge >= 0.3 is 0 Å². The smallest absolute Gasteiger partial charge is 0.229 e. The number of fused-ring (bicyclic) bond motifs is 1. The fourth-order valence-corrected chi connectivity index (χ4v) is 4.77. The van der Waals surface area contributed by atoms with E-state index < -0.39 is 15.1 Å². The van der Waals surface area contributed by atoms with Crippen LogP contribution in [0.5, 0.6) is 5.75 Å². The molecule has 0 saturated heterocycles. The summed E-state index contributed by atoms with van der Waals surface area (Å²) in [5.41, 5.74) is 2.27. The highest BCUT2D eigenvalue weighted by Gasteiger charge is 2.23. The molecule has 0 spiro atoms. The highest BCUT2D eigenvalue weighted by Crippen LogP contribution is 2.34. The summed E-state index contributed by atoms with van der Waals surface area (Å²) in [7, 11) is -1.44. The molecule has 2 N–H and O–H groups in total. The van der Waals surface area contributed by atoms with Crippen LogP contribution in [0, 0.1) is 0 Å². The third kappa shape index (κ3) is 4.51. The van der Waals surface area contributed by atoms with Crippen molar-refractivity contribution in [3.63, 3.8) is 0 Å². The number of likely N-dealkylation sites (N-methyl/N-ethyl adjacent to an activating group) is 1. The highest BCUT2D eigenvalue weighted by atomic mass is 79.9. The monoisotopic (exact) mass is 517 g/mol. The molecule has 0 bridgehead atoms. The summed E-state index contributed by atoms with van der Waals surface area (Å²) in [6.07, 6.45) is 1.61. The molecular weight excluding hydrogens is 494 g/mol. The SMILES string of the molecule is CC(C)S(=O)(=O)c1ccccc1Nc1nc(Nc2ccc3c(c2)OCCN3C)ncc1Br. The van der Waals surface area contributed by atoms with Gasteiger partial charge in [-0.2, -0.15) is 4.98 Å². The number of hydrogen-bond acceptors (Lipinski definition) is 8. The van der Waals surface area contributed by atoms with E-state index in [0.29, 0.717) is 28.5 Å². The van der Waals surface area contributed by atoms with Crippen molar-refractivity contribution in [2.75, 3.05) is 35.7 Å². The summed E-state index contributed by atoms with van der Waals surface area (Å²) in [6.45, 7) is 4.80. The molecule has 0 radical (unpaired) electrons. The molecule has 0 aliphatic carbocycles. The van der Waals surface area contributed by atoms with Crippen molar-refractivity contribution in [3.8, 4) is 5.75 Å². The first kappa shape index (κ1) is 22.3. The number of nitrogens with zero attached hydrogens (tertiary/aromatic N) is 3. The van der Waals surface area contributed by atoms with Crippen molar-refractivity contribution in [2.24, 2.45) is 0 Å². The van der Waals surface area contributed by atoms with Crippen molar-refractivity contribution in [1.82, 2.24) is 9.97 Å². The second kappa shape index (κ2) is 8.95. The van der Waals surface area contributed by atoms with Crippen molar-refractivity contribution in [1.29, 1.82) is 0 Å². The van der Waals surface area contributed by atoms with Gasteiger partial charge in [0.25, 0.3) is 0 Å². The number of benzene rings is 2. The summed E-state index contributed by atoms with van der Waals surface area (Å²) in [5.74, 6) is 1.61. The third-order valence-corrected chi connectivity index (χ3v) is 7.91. The molecule has 0 atom stereocenters. The van der Waals surface area contributed by atoms with Crippen LogP contribution in [-0.2, 0) is 9.84 Å². The van der Waals surface area contributed by atoms with Gasteiger partial charge in [0, 0.05) is 25.0 Å². The largest absolute Gasteiger partial charge is 0.489 e. The van der Waals surface area contributed by atoms with E-state index in [0.717, 1.165) is 23.7 Å². The molecule has 168 valence electrons. The van der Waals surface area contributed by atoms with Gasteiger partial charge in [0.05, 0.1) is 32.5 Å². The van der Waals surface area contributed by atoms with Crippen LogP contribution in [0.2, 0.25) is 0 Å². The van der Waals surface area contributed by atoms with Crippen LogP contribution < -0.4 is 20.3 Å². The Kier molecular flexibility index (Phi) is 6.25. The lowest BCUT2D eigenvalue weighted by Crippen LogP contribution is -2.28. The van der Waals surface area contributed by atoms with E-state index in [1.807, 2.05) is 25.2 Å². The van der Waals surface area contributed by atoms with Gasteiger partial charge in [-0.25, -0.2) is 13.4 Å². The molecule has 3 aromatic rings. The van der Waals surface area contributed by atoms with Crippen LogP contribution >= 0.6 is 15.9 Å². The fourth-order valence-electron chi connectivity index (χ4n) is 3.28. The number of ether oxygens (including phenoxy) is 1. The maximum absolute atomic E-state index is 12.8. The predicted molar refractivity (Wildman–Crippen MR) is 130 cm³/mol. The Morgan fingerprint density at radius 2 is 1.94 bits per heavy atom. The molecule has 0 saturated carbocycles. The maximum Gasteiger partial charge on any atom is 0.229 e. The summed E-state index contributed by atoms with van der Waals surface area (Å²) in [5, 5.41) is 5.78. The number of hydrogen-bond donors (Lipinski definition) is 2. The highest BCUT2D eigenvalue weighted by molar-refractivity contribution is 9.10. The second-order valence-electron chi connectivity index (χ2n) is 7.68. The molecule has 32 heavy (non-hydrogen) atoms. The Morgan fingerprint density at radius 3 is 2.72 bits per heavy atom. The molecule has 0 fully saturated rings. The average Bonchev–Trinajstić information content (AvgIpc) is 2.76. The minimum absolute atomic E-state index is 0.228. The Bertz CT molecular complexity index is 1250. The van der Waals surface area contributed by atoms with E-state index in [9.17, 15) is 8.42 Å². The van der Waals surface area contributed by atoms with Gasteiger partial charge in [-0.05, 0) is 54.0 Å². The van der Waals surface area contributed by atoms with Gasteiger partial charge in [-0.15, -0.1) is 0 Å². The quantitative estimate of drug-likeness (QED) is 0.483. The van der Waals surface area contributed by atoms with Crippen molar-refractivity contribution in [2.45, 2.75) is 24.0 Å². The second-order valence-corrected chi connectivity index (χ2v) is 11.0. The Morgan fingerprint density at radius 1 is 1.16 bits per heavy atom. The summed E-state index contributed by atoms with van der Waals surface area (Å²) >= 11 is 3.44. The number of rotatable bonds is 6. The molecule has 2 aromatic carbocycles. The van der Waals surface area contributed by atoms with Crippen LogP contribution in [0.4, 0.5) is 28.8 Å². The molecule has 2 heterocycles. The van der Waals surface area contributed by atoms with Gasteiger partial charge < -0.3 is 20.3 Å². The Balaban J connectivity index is 1.61. The number of halogens is 1. The molecule has 4 rings (SSSR count). The van der Waals surface area contributed by atoms with Gasteiger partial charge in [0.1, 0.15) is 18.2 Å². The first-order valence-corrected chi connectivity index (χ1v) is 12.5. The zero-order valence-corrected chi connectivity index (χ0v) is 20.4. The third-order valence-electron chi connectivity index (χ3n) is 5.12. The molecule has 1 aliphatic rings. The van der Waals surface area contributed by atoms with Crippen molar-refractivity contribution < 1.29 is 13.2 Å². The van der Waals surface area contributed by atoms with E-state index in [4.69, 9.17) is 4.74 Å². The zero-order valence-electron chi connectivity index (χ0n) is 18.0. The van der Waals surface area contributed by atoms with Crippen molar-refractivity contribution in [3.05, 3.63) is 53.1 Å². The van der Waals surface area contributed by atoms with E-state index in [1.165, 1.54) is 0 Å². The van der Waals surface area contributed by atoms with Crippen LogP contribution in [0.3, 0.4) is 0 Å². The molecule has 10 heteroatoms. The lowest BCUT2D eigenvalue weighted by molar-refractivity contribution is 0.311. The number of para-hydroxylation sites is 1. The van der Waals surface area contributed by atoms with Gasteiger partial charge in [0.2, 0.25) is 5.95 Å². The topological polar surface area (TPSA) is 96.5 Å². The molecule has 1 aromatic heterocycles. The molecule has 0 unspecified atom stereocenters. The number of aromatic nitrogens is 2. The van der Waals surface area contributed by atoms with Gasteiger partial charge in [-0.3, -0.25) is 0 Å². The zero-order chi connectivity index (χ0) is 22.9. The number of anilines is 5. The van der Waals surface area contributed by atoms with Gasteiger partial charge in [0.15, 0.2) is 9.84 Å². The van der Waals surface area contributed by atoms with Crippen LogP contribution in [0.25, 0.3) is 0 Å². The molecule has 1 aliphatic heterocycles. The van der Waals surface area contributed by atoms with Gasteiger partial charge in [-0.1, -0.05) is 12.1 Å². The van der Waals surface area contributed by atoms with Crippen LogP contribution in [-0.4, -0.2) is 43.8 Å². The molecule has 0 amide bonds. The summed E-state index contributed by atoms with van der Waals surface area (Å²) in [4.78, 5) is 11.2. The summed E-state index contributed by atoms with van der Waals surface area (Å²) in [6, 6.07) is 12.6. The minimum Gasteiger partial charge on any atom is -0.489 e. The maximum atomic E-state index is 12.8. The van der Waals surface area contributed by atoms with Crippen LogP contribution in [0.15, 0.2) is 58.0 Å². The molecular formula is C22H24BrN5O3S. The fraction of sp³-hybridized carbons (Fsp3) is 0.273. The van der Waals surface area contributed by atoms with E-state index in [-0.39, 0.29) is 4.90 Å². The van der Waals surface area contributed by atoms with Crippen molar-refractivity contribution >= 4 is 54.6 Å². The number of nitrogens with one attached hydrogen (secondary N) is 2. The van der Waals surface area contributed by atoms with Crippen LogP contribution in [0.1, 0.15) is 13.8 Å². The average molecular weight is 518 g/mol. The predicted octanol–water partition coefficient (Wildman–Crippen LogP) is 4.74. The molecule has 8 nitrogen and oxygen atoms in total. The first-order chi connectivity index (χ1) is 15.3. The standard InChI is InChI=1S/C22H24BrN5O3S/c1-14(2)32(29,30)20-7-5-4-6-17(20)26-21-16(23)13-24-22(27-21)25-15-8-9-18-19(12-15)31-11-10-28(18)3/h4-9,12-14H,10-11H2,1-3H3,(H2,24,25,26,27). The van der Waals surface area contributed by atoms with E-state index >= 15 is 0 Å². The lowest BCUT2D eigenvalue weighted by Gasteiger charge is -2.28. The summed E-state index contributed by atoms with van der Waals surface area (Å²) < 4.78 is 31.9. The Labute approximate surface area is 196 Å². The van der Waals surface area contributed by atoms with E-state index in [2.05, 4.69) is 41.4 Å². The lowest BCUT2D eigenvalue weighted by atomic mass is 10.2. The minimum atomic E-state index is -3.47. The first-order valence-electron chi connectivity index (χ1n) is 10.1.